The second-order valence-corrected chi connectivity index (χ2v) is 5.55. The minimum absolute atomic E-state index is 0.0298. The molecule has 78 valence electrons. The van der Waals surface area contributed by atoms with Crippen molar-refractivity contribution in [2.75, 3.05) is 0 Å². The van der Waals surface area contributed by atoms with Crippen molar-refractivity contribution in [3.63, 3.8) is 0 Å². The predicted octanol–water partition coefficient (Wildman–Crippen LogP) is 2.51. The van der Waals surface area contributed by atoms with Crippen molar-refractivity contribution in [2.24, 2.45) is 11.3 Å². The average molecular weight is 215 g/mol. The lowest BCUT2D eigenvalue weighted by Crippen LogP contribution is -2.44. The monoisotopic (exact) mass is 214 g/mol. The van der Waals surface area contributed by atoms with Gasteiger partial charge in [-0.3, -0.25) is 4.79 Å². The Morgan fingerprint density at radius 1 is 1.50 bits per heavy atom. The molecule has 2 rings (SSSR count). The maximum Gasteiger partial charge on any atom is 0.325 e. The first-order valence-electron chi connectivity index (χ1n) is 4.91. The van der Waals surface area contributed by atoms with E-state index >= 15 is 0 Å². The molecule has 2 nitrogen and oxygen atoms in total. The first-order valence-corrected chi connectivity index (χ1v) is 5.35. The van der Waals surface area contributed by atoms with Gasteiger partial charge in [-0.05, 0) is 24.8 Å². The molecule has 0 bridgehead atoms. The fourth-order valence-corrected chi connectivity index (χ4v) is 3.43. The van der Waals surface area contributed by atoms with Crippen LogP contribution in [0.15, 0.2) is 12.2 Å². The minimum Gasteiger partial charge on any atom is -0.454 e. The van der Waals surface area contributed by atoms with Gasteiger partial charge in [0.2, 0.25) is 0 Å². The Morgan fingerprint density at radius 3 is 2.71 bits per heavy atom. The van der Waals surface area contributed by atoms with Crippen LogP contribution in [0.3, 0.4) is 0 Å². The Morgan fingerprint density at radius 2 is 2.14 bits per heavy atom. The van der Waals surface area contributed by atoms with Crippen molar-refractivity contribution in [3.05, 3.63) is 12.2 Å². The lowest BCUT2D eigenvalue weighted by atomic mass is 9.65. The second-order valence-electron chi connectivity index (χ2n) is 5.08. The summed E-state index contributed by atoms with van der Waals surface area (Å²) < 4.78 is 5.34. The molecular weight excluding hydrogens is 200 g/mol. The number of hydrogen-bond donors (Lipinski definition) is 0. The first-order chi connectivity index (χ1) is 6.37. The van der Waals surface area contributed by atoms with Crippen LogP contribution in [-0.4, -0.2) is 16.9 Å². The van der Waals surface area contributed by atoms with Gasteiger partial charge in [-0.1, -0.05) is 19.9 Å². The number of hydrogen-bond acceptors (Lipinski definition) is 2. The van der Waals surface area contributed by atoms with Crippen molar-refractivity contribution in [2.45, 2.75) is 38.2 Å². The van der Waals surface area contributed by atoms with Gasteiger partial charge in [0.05, 0.1) is 0 Å². The molecule has 3 atom stereocenters. The largest absolute Gasteiger partial charge is 0.454 e. The highest BCUT2D eigenvalue weighted by molar-refractivity contribution is 6.31. The summed E-state index contributed by atoms with van der Waals surface area (Å²) in [5.41, 5.74) is -0.465. The Labute approximate surface area is 89.3 Å². The van der Waals surface area contributed by atoms with E-state index in [0.717, 1.165) is 6.42 Å². The first kappa shape index (κ1) is 10.0. The van der Waals surface area contributed by atoms with Gasteiger partial charge < -0.3 is 4.74 Å². The zero-order valence-electron chi connectivity index (χ0n) is 8.71. The van der Waals surface area contributed by atoms with Crippen molar-refractivity contribution in [1.29, 1.82) is 0 Å². The van der Waals surface area contributed by atoms with E-state index in [-0.39, 0.29) is 17.3 Å². The number of alkyl halides is 1. The highest BCUT2D eigenvalue weighted by Crippen LogP contribution is 2.51. The number of fused-ring (bicyclic) bond motifs is 1. The summed E-state index contributed by atoms with van der Waals surface area (Å²) in [5, 5.41) is -0.500. The fourth-order valence-electron chi connectivity index (χ4n) is 2.80. The van der Waals surface area contributed by atoms with Gasteiger partial charge in [0.1, 0.15) is 11.0 Å². The molecule has 0 radical (unpaired) electrons. The maximum absolute atomic E-state index is 11.4. The Kier molecular flexibility index (Phi) is 1.97. The van der Waals surface area contributed by atoms with Gasteiger partial charge in [-0.15, -0.1) is 11.6 Å². The highest BCUT2D eigenvalue weighted by Gasteiger charge is 2.57. The SMILES string of the molecule is CC1(C)CC=C[C@@]2(C)OC(=O)[C@H](Cl)[C@@H]12. The molecule has 2 aliphatic rings. The Bertz CT molecular complexity index is 308. The summed E-state index contributed by atoms with van der Waals surface area (Å²) in [6.07, 6.45) is 5.01. The molecule has 1 aliphatic heterocycles. The smallest absolute Gasteiger partial charge is 0.325 e. The summed E-state index contributed by atoms with van der Waals surface area (Å²) in [5.74, 6) is -0.201. The number of carbonyl (C=O) groups excluding carboxylic acids is 1. The van der Waals surface area contributed by atoms with E-state index in [0.29, 0.717) is 0 Å². The van der Waals surface area contributed by atoms with Crippen molar-refractivity contribution in [1.82, 2.24) is 0 Å². The molecular formula is C11H15ClO2. The van der Waals surface area contributed by atoms with Crippen molar-refractivity contribution in [3.8, 4) is 0 Å². The number of halogens is 1. The number of rotatable bonds is 0. The summed E-state index contributed by atoms with van der Waals surface area (Å²) in [4.78, 5) is 11.4. The summed E-state index contributed by atoms with van der Waals surface area (Å²) in [7, 11) is 0. The Hall–Kier alpha value is -0.500. The molecule has 1 fully saturated rings. The van der Waals surface area contributed by atoms with Crippen molar-refractivity contribution < 1.29 is 9.53 Å². The molecule has 1 saturated heterocycles. The molecule has 0 aromatic heterocycles. The van der Waals surface area contributed by atoms with Crippen LogP contribution in [0.4, 0.5) is 0 Å². The normalized spacial score (nSPS) is 44.7. The van der Waals surface area contributed by atoms with Crippen molar-refractivity contribution >= 4 is 17.6 Å². The van der Waals surface area contributed by atoms with Gasteiger partial charge in [0.25, 0.3) is 0 Å². The van der Waals surface area contributed by atoms with Crippen LogP contribution in [0, 0.1) is 11.3 Å². The molecule has 0 unspecified atom stereocenters. The van der Waals surface area contributed by atoms with E-state index < -0.39 is 11.0 Å². The lowest BCUT2D eigenvalue weighted by molar-refractivity contribution is -0.145. The van der Waals surface area contributed by atoms with E-state index in [1.165, 1.54) is 0 Å². The lowest BCUT2D eigenvalue weighted by Gasteiger charge is -2.42. The molecule has 1 aliphatic carbocycles. The van der Waals surface area contributed by atoms with Crippen LogP contribution in [0.5, 0.6) is 0 Å². The van der Waals surface area contributed by atoms with E-state index in [1.807, 2.05) is 13.0 Å². The van der Waals surface area contributed by atoms with E-state index in [1.54, 1.807) is 0 Å². The van der Waals surface area contributed by atoms with E-state index in [2.05, 4.69) is 19.9 Å². The van der Waals surface area contributed by atoms with Crippen LogP contribution in [0.2, 0.25) is 0 Å². The molecule has 0 saturated carbocycles. The summed E-state index contributed by atoms with van der Waals surface area (Å²) in [6, 6.07) is 0. The van der Waals surface area contributed by atoms with Gasteiger partial charge >= 0.3 is 5.97 Å². The van der Waals surface area contributed by atoms with Crippen LogP contribution in [-0.2, 0) is 9.53 Å². The predicted molar refractivity (Wildman–Crippen MR) is 55.2 cm³/mol. The molecule has 1 heterocycles. The third kappa shape index (κ3) is 1.20. The zero-order chi connectivity index (χ0) is 10.6. The van der Waals surface area contributed by atoms with Crippen LogP contribution < -0.4 is 0 Å². The topological polar surface area (TPSA) is 26.3 Å². The molecule has 0 N–H and O–H groups in total. The number of esters is 1. The number of allylic oxidation sites excluding steroid dienone is 1. The van der Waals surface area contributed by atoms with Gasteiger partial charge in [-0.25, -0.2) is 0 Å². The average Bonchev–Trinajstić information content (AvgIpc) is 2.22. The Balaban J connectivity index is 2.46. The van der Waals surface area contributed by atoms with Gasteiger partial charge in [-0.2, -0.15) is 0 Å². The van der Waals surface area contributed by atoms with Gasteiger partial charge in [0.15, 0.2) is 0 Å². The summed E-state index contributed by atoms with van der Waals surface area (Å²) in [6.45, 7) is 6.21. The highest BCUT2D eigenvalue weighted by atomic mass is 35.5. The molecule has 0 spiro atoms. The maximum atomic E-state index is 11.4. The molecule has 3 heteroatoms. The molecule has 0 aromatic rings. The molecule has 0 amide bonds. The fraction of sp³-hybridized carbons (Fsp3) is 0.727. The van der Waals surface area contributed by atoms with Gasteiger partial charge in [0, 0.05) is 5.92 Å². The third-order valence-electron chi connectivity index (χ3n) is 3.39. The number of ether oxygens (including phenoxy) is 1. The zero-order valence-corrected chi connectivity index (χ0v) is 9.47. The molecule has 14 heavy (non-hydrogen) atoms. The van der Waals surface area contributed by atoms with E-state index in [9.17, 15) is 4.79 Å². The van der Waals surface area contributed by atoms with E-state index in [4.69, 9.17) is 16.3 Å². The summed E-state index contributed by atoms with van der Waals surface area (Å²) >= 11 is 6.10. The third-order valence-corrected chi connectivity index (χ3v) is 3.82. The van der Waals surface area contributed by atoms with Crippen LogP contribution in [0.1, 0.15) is 27.2 Å². The van der Waals surface area contributed by atoms with Crippen LogP contribution in [0.25, 0.3) is 0 Å². The second kappa shape index (κ2) is 2.75. The minimum atomic E-state index is -0.500. The van der Waals surface area contributed by atoms with Crippen LogP contribution >= 0.6 is 11.6 Å². The standard InChI is InChI=1S/C11H15ClO2/c1-10(2)5-4-6-11(3)8(10)7(12)9(13)14-11/h4,6-8H,5H2,1-3H3/t7-,8+,11-/m1/s1. The quantitative estimate of drug-likeness (QED) is 0.352. The molecule has 0 aromatic carbocycles. The number of carbonyl (C=O) groups is 1.